The van der Waals surface area contributed by atoms with Gasteiger partial charge >= 0.3 is 5.97 Å². The van der Waals surface area contributed by atoms with E-state index in [0.717, 1.165) is 12.2 Å². The van der Waals surface area contributed by atoms with Crippen molar-refractivity contribution in [3.63, 3.8) is 0 Å². The number of carbonyl (C=O) groups is 2. The summed E-state index contributed by atoms with van der Waals surface area (Å²) in [5.74, 6) is -0.163. The minimum absolute atomic E-state index is 0.328. The molecule has 0 aliphatic carbocycles. The highest BCUT2D eigenvalue weighted by molar-refractivity contribution is 7.99. The fourth-order valence-electron chi connectivity index (χ4n) is 1.13. The van der Waals surface area contributed by atoms with Crippen molar-refractivity contribution in [3.05, 3.63) is 0 Å². The van der Waals surface area contributed by atoms with Crippen molar-refractivity contribution in [1.29, 1.82) is 0 Å². The normalized spacial score (nSPS) is 12.1. The van der Waals surface area contributed by atoms with Crippen LogP contribution in [0.1, 0.15) is 13.3 Å². The van der Waals surface area contributed by atoms with Gasteiger partial charge in [0.05, 0.1) is 13.2 Å². The lowest BCUT2D eigenvalue weighted by atomic mass is 10.3. The zero-order valence-electron chi connectivity index (χ0n) is 10.8. The largest absolute Gasteiger partial charge is 0.480 e. The Hall–Kier alpha value is -0.790. The van der Waals surface area contributed by atoms with Gasteiger partial charge in [0.25, 0.3) is 0 Å². The number of methoxy groups -OCH3 is 1. The number of carboxylic acid groups (broad SMARTS) is 1. The van der Waals surface area contributed by atoms with E-state index in [1.807, 2.05) is 0 Å². The minimum Gasteiger partial charge on any atom is -0.480 e. The maximum atomic E-state index is 10.8. The molecule has 0 saturated carbocycles. The number of amides is 1. The topological polar surface area (TPSA) is 84.9 Å². The number of carbonyl (C=O) groups excluding carboxylic acids is 1. The third kappa shape index (κ3) is 10.4. The van der Waals surface area contributed by atoms with Crippen LogP contribution in [0.2, 0.25) is 0 Å². The standard InChI is InChI=1S/C11H21NO5S/c1-9(13)12-10(11(14)15)8-18-7-3-4-17-6-5-16-2/h10H,3-8H2,1-2H3,(H,12,13)(H,14,15)/t10-/m0/s1. The first-order chi connectivity index (χ1) is 8.57. The van der Waals surface area contributed by atoms with Crippen molar-refractivity contribution in [2.75, 3.05) is 38.4 Å². The molecule has 0 fully saturated rings. The van der Waals surface area contributed by atoms with Gasteiger partial charge in [0.15, 0.2) is 0 Å². The third-order valence-electron chi connectivity index (χ3n) is 1.97. The number of hydrogen-bond acceptors (Lipinski definition) is 5. The third-order valence-corrected chi connectivity index (χ3v) is 3.12. The zero-order valence-corrected chi connectivity index (χ0v) is 11.6. The number of carboxylic acids is 1. The Morgan fingerprint density at radius 3 is 2.61 bits per heavy atom. The van der Waals surface area contributed by atoms with Crippen LogP contribution in [0.15, 0.2) is 0 Å². The number of nitrogens with one attached hydrogen (secondary N) is 1. The quantitative estimate of drug-likeness (QED) is 0.531. The number of aliphatic carboxylic acids is 1. The first-order valence-corrected chi connectivity index (χ1v) is 6.87. The second kappa shape index (κ2) is 11.3. The Morgan fingerprint density at radius 1 is 1.33 bits per heavy atom. The fourth-order valence-corrected chi connectivity index (χ4v) is 2.08. The zero-order chi connectivity index (χ0) is 13.8. The summed E-state index contributed by atoms with van der Waals surface area (Å²) in [6.45, 7) is 3.10. The Morgan fingerprint density at radius 2 is 2.06 bits per heavy atom. The molecule has 0 aromatic rings. The summed E-state index contributed by atoms with van der Waals surface area (Å²) in [5, 5.41) is 11.2. The number of thioether (sulfide) groups is 1. The molecule has 0 spiro atoms. The SMILES string of the molecule is COCCOCCCSC[C@H](NC(C)=O)C(=O)O. The molecule has 18 heavy (non-hydrogen) atoms. The maximum Gasteiger partial charge on any atom is 0.327 e. The molecule has 0 aromatic carbocycles. The highest BCUT2D eigenvalue weighted by Gasteiger charge is 2.17. The van der Waals surface area contributed by atoms with E-state index in [4.69, 9.17) is 14.6 Å². The molecule has 0 heterocycles. The average Bonchev–Trinajstić information content (AvgIpc) is 2.30. The number of hydrogen-bond donors (Lipinski definition) is 2. The van der Waals surface area contributed by atoms with Crippen LogP contribution < -0.4 is 5.32 Å². The van der Waals surface area contributed by atoms with Crippen molar-refractivity contribution < 1.29 is 24.2 Å². The lowest BCUT2D eigenvalue weighted by Gasteiger charge is -2.12. The van der Waals surface area contributed by atoms with Crippen LogP contribution in [-0.4, -0.2) is 61.5 Å². The highest BCUT2D eigenvalue weighted by atomic mass is 32.2. The predicted molar refractivity (Wildman–Crippen MR) is 69.9 cm³/mol. The highest BCUT2D eigenvalue weighted by Crippen LogP contribution is 2.05. The summed E-state index contributed by atoms with van der Waals surface area (Å²) in [6, 6.07) is -0.818. The van der Waals surface area contributed by atoms with Crippen LogP contribution in [0.25, 0.3) is 0 Å². The molecule has 0 aromatic heterocycles. The van der Waals surface area contributed by atoms with E-state index in [2.05, 4.69) is 5.32 Å². The van der Waals surface area contributed by atoms with Gasteiger partial charge in [-0.3, -0.25) is 4.79 Å². The molecule has 6 nitrogen and oxygen atoms in total. The van der Waals surface area contributed by atoms with E-state index in [-0.39, 0.29) is 5.91 Å². The van der Waals surface area contributed by atoms with E-state index >= 15 is 0 Å². The monoisotopic (exact) mass is 279 g/mol. The van der Waals surface area contributed by atoms with Crippen molar-refractivity contribution in [2.24, 2.45) is 0 Å². The van der Waals surface area contributed by atoms with Gasteiger partial charge in [-0.2, -0.15) is 11.8 Å². The van der Waals surface area contributed by atoms with Crippen molar-refractivity contribution in [1.82, 2.24) is 5.32 Å². The summed E-state index contributed by atoms with van der Waals surface area (Å²) in [6.07, 6.45) is 0.848. The summed E-state index contributed by atoms with van der Waals surface area (Å²) < 4.78 is 10.1. The average molecular weight is 279 g/mol. The molecular formula is C11H21NO5S. The Labute approximate surface area is 111 Å². The van der Waals surface area contributed by atoms with Crippen LogP contribution in [-0.2, 0) is 19.1 Å². The van der Waals surface area contributed by atoms with Crippen LogP contribution in [0.5, 0.6) is 0 Å². The molecule has 0 aliphatic rings. The lowest BCUT2D eigenvalue weighted by molar-refractivity contribution is -0.140. The molecule has 0 bridgehead atoms. The number of ether oxygens (including phenoxy) is 2. The lowest BCUT2D eigenvalue weighted by Crippen LogP contribution is -2.41. The van der Waals surface area contributed by atoms with Crippen molar-refractivity contribution in [2.45, 2.75) is 19.4 Å². The van der Waals surface area contributed by atoms with Gasteiger partial charge in [-0.05, 0) is 12.2 Å². The second-order valence-electron chi connectivity index (χ2n) is 3.62. The summed E-state index contributed by atoms with van der Waals surface area (Å²) in [5.41, 5.74) is 0. The van der Waals surface area contributed by atoms with Gasteiger partial charge in [-0.25, -0.2) is 4.79 Å². The summed E-state index contributed by atoms with van der Waals surface area (Å²) >= 11 is 1.49. The molecule has 0 aliphatic heterocycles. The van der Waals surface area contributed by atoms with Gasteiger partial charge in [0, 0.05) is 26.4 Å². The molecule has 0 saturated heterocycles. The van der Waals surface area contributed by atoms with Crippen molar-refractivity contribution in [3.8, 4) is 0 Å². The fraction of sp³-hybridized carbons (Fsp3) is 0.818. The predicted octanol–water partition coefficient (Wildman–Crippen LogP) is 0.362. The molecule has 0 rings (SSSR count). The van der Waals surface area contributed by atoms with Gasteiger partial charge in [0.1, 0.15) is 6.04 Å². The van der Waals surface area contributed by atoms with Crippen LogP contribution in [0, 0.1) is 0 Å². The Balaban J connectivity index is 3.49. The Kier molecular flexibility index (Phi) is 10.8. The molecule has 1 amide bonds. The summed E-state index contributed by atoms with van der Waals surface area (Å²) in [4.78, 5) is 21.6. The van der Waals surface area contributed by atoms with Crippen LogP contribution >= 0.6 is 11.8 Å². The van der Waals surface area contributed by atoms with Crippen LogP contribution in [0.4, 0.5) is 0 Å². The molecule has 1 atom stereocenters. The van der Waals surface area contributed by atoms with E-state index in [0.29, 0.717) is 25.6 Å². The first-order valence-electron chi connectivity index (χ1n) is 5.72. The van der Waals surface area contributed by atoms with Gasteiger partial charge in [-0.1, -0.05) is 0 Å². The van der Waals surface area contributed by atoms with Gasteiger partial charge < -0.3 is 19.9 Å². The second-order valence-corrected chi connectivity index (χ2v) is 4.77. The van der Waals surface area contributed by atoms with Crippen LogP contribution in [0.3, 0.4) is 0 Å². The van der Waals surface area contributed by atoms with Gasteiger partial charge in [0.2, 0.25) is 5.91 Å². The summed E-state index contributed by atoms with van der Waals surface area (Å²) in [7, 11) is 1.62. The van der Waals surface area contributed by atoms with E-state index < -0.39 is 12.0 Å². The molecule has 2 N–H and O–H groups in total. The Bertz CT molecular complexity index is 250. The molecule has 106 valence electrons. The molecule has 0 radical (unpaired) electrons. The van der Waals surface area contributed by atoms with Gasteiger partial charge in [-0.15, -0.1) is 0 Å². The van der Waals surface area contributed by atoms with E-state index in [9.17, 15) is 9.59 Å². The first kappa shape index (κ1) is 17.2. The smallest absolute Gasteiger partial charge is 0.327 e. The van der Waals surface area contributed by atoms with E-state index in [1.165, 1.54) is 18.7 Å². The minimum atomic E-state index is -1.01. The van der Waals surface area contributed by atoms with Crippen molar-refractivity contribution >= 4 is 23.6 Å². The molecule has 0 unspecified atom stereocenters. The van der Waals surface area contributed by atoms with E-state index in [1.54, 1.807) is 7.11 Å². The number of rotatable bonds is 11. The molecular weight excluding hydrogens is 258 g/mol. The molecule has 7 heteroatoms. The maximum absolute atomic E-state index is 10.8.